The molecule has 1 amide bonds. The van der Waals surface area contributed by atoms with Gasteiger partial charge in [0.15, 0.2) is 0 Å². The molecule has 1 aliphatic heterocycles. The van der Waals surface area contributed by atoms with Crippen molar-refractivity contribution in [3.05, 3.63) is 58.6 Å². The average Bonchev–Trinajstić information content (AvgIpc) is 3.30. The van der Waals surface area contributed by atoms with Crippen molar-refractivity contribution < 1.29 is 4.79 Å². The van der Waals surface area contributed by atoms with Crippen LogP contribution in [0.15, 0.2) is 42.2 Å². The van der Waals surface area contributed by atoms with E-state index in [-0.39, 0.29) is 11.9 Å². The van der Waals surface area contributed by atoms with Crippen LogP contribution in [-0.4, -0.2) is 36.7 Å². The Hall–Kier alpha value is -2.41. The van der Waals surface area contributed by atoms with E-state index in [0.29, 0.717) is 13.1 Å². The van der Waals surface area contributed by atoms with Crippen LogP contribution in [0.1, 0.15) is 34.2 Å². The molecule has 0 radical (unpaired) electrons. The van der Waals surface area contributed by atoms with Crippen LogP contribution in [0.5, 0.6) is 0 Å². The van der Waals surface area contributed by atoms with E-state index in [0.717, 1.165) is 22.9 Å². The Labute approximate surface area is 138 Å². The van der Waals surface area contributed by atoms with Crippen molar-refractivity contribution in [1.82, 2.24) is 24.2 Å². The van der Waals surface area contributed by atoms with Crippen molar-refractivity contribution in [3.63, 3.8) is 0 Å². The van der Waals surface area contributed by atoms with Crippen LogP contribution in [0.4, 0.5) is 0 Å². The molecule has 7 heteroatoms. The molecule has 1 unspecified atom stereocenters. The van der Waals surface area contributed by atoms with Crippen LogP contribution in [0.25, 0.3) is 0 Å². The first-order valence-electron chi connectivity index (χ1n) is 7.60. The van der Waals surface area contributed by atoms with Gasteiger partial charge in [-0.25, -0.2) is 4.98 Å². The van der Waals surface area contributed by atoms with Crippen LogP contribution < -0.4 is 0 Å². The summed E-state index contributed by atoms with van der Waals surface area (Å²) >= 11 is 1.49. The zero-order valence-electron chi connectivity index (χ0n) is 12.8. The average molecular weight is 327 g/mol. The summed E-state index contributed by atoms with van der Waals surface area (Å²) in [5.41, 5.74) is 1.12. The zero-order chi connectivity index (χ0) is 15.8. The summed E-state index contributed by atoms with van der Waals surface area (Å²) in [5, 5.41) is 6.18. The molecule has 4 heterocycles. The predicted octanol–water partition coefficient (Wildman–Crippen LogP) is 2.41. The third-order valence-electron chi connectivity index (χ3n) is 4.25. The standard InChI is InChI=1S/C16H17N5OS/c1-12-15-17-10-13(11-19-6-3-5-18-19)21(15)8-7-20(12)16(22)14-4-2-9-23-14/h2-6,9-10,12H,7-8,11H2,1H3. The molecular weight excluding hydrogens is 310 g/mol. The van der Waals surface area contributed by atoms with Gasteiger partial charge in [0.1, 0.15) is 5.82 Å². The highest BCUT2D eigenvalue weighted by atomic mass is 32.1. The highest BCUT2D eigenvalue weighted by molar-refractivity contribution is 7.12. The summed E-state index contributed by atoms with van der Waals surface area (Å²) in [4.78, 5) is 19.9. The van der Waals surface area contributed by atoms with Gasteiger partial charge in [-0.05, 0) is 24.4 Å². The maximum absolute atomic E-state index is 12.6. The van der Waals surface area contributed by atoms with E-state index in [1.165, 1.54) is 11.3 Å². The number of imidazole rings is 1. The van der Waals surface area contributed by atoms with Gasteiger partial charge in [-0.2, -0.15) is 5.10 Å². The number of rotatable bonds is 3. The van der Waals surface area contributed by atoms with E-state index in [1.807, 2.05) is 52.5 Å². The number of carbonyl (C=O) groups is 1. The largest absolute Gasteiger partial charge is 0.327 e. The lowest BCUT2D eigenvalue weighted by molar-refractivity contribution is 0.0641. The van der Waals surface area contributed by atoms with Gasteiger partial charge in [0, 0.05) is 25.5 Å². The predicted molar refractivity (Wildman–Crippen MR) is 87.3 cm³/mol. The molecule has 0 bridgehead atoms. The molecule has 3 aromatic heterocycles. The minimum absolute atomic E-state index is 0.0234. The Morgan fingerprint density at radius 2 is 2.30 bits per heavy atom. The van der Waals surface area contributed by atoms with Gasteiger partial charge < -0.3 is 9.47 Å². The van der Waals surface area contributed by atoms with Gasteiger partial charge >= 0.3 is 0 Å². The van der Waals surface area contributed by atoms with Gasteiger partial charge in [-0.3, -0.25) is 9.48 Å². The molecule has 0 spiro atoms. The van der Waals surface area contributed by atoms with Gasteiger partial charge in [0.25, 0.3) is 5.91 Å². The summed E-state index contributed by atoms with van der Waals surface area (Å²) in [6, 6.07) is 5.68. The summed E-state index contributed by atoms with van der Waals surface area (Å²) in [7, 11) is 0. The van der Waals surface area contributed by atoms with Crippen LogP contribution in [0.2, 0.25) is 0 Å². The maximum Gasteiger partial charge on any atom is 0.264 e. The second-order valence-corrected chi connectivity index (χ2v) is 6.56. The second kappa shape index (κ2) is 5.66. The first-order valence-corrected chi connectivity index (χ1v) is 8.48. The number of thiophene rings is 1. The molecule has 0 aromatic carbocycles. The Bertz CT molecular complexity index is 806. The SMILES string of the molecule is CC1c2ncc(Cn3cccn3)n2CCN1C(=O)c1cccs1. The Morgan fingerprint density at radius 3 is 3.04 bits per heavy atom. The normalized spacial score (nSPS) is 17.3. The lowest BCUT2D eigenvalue weighted by Crippen LogP contribution is -2.41. The summed E-state index contributed by atoms with van der Waals surface area (Å²) in [6.45, 7) is 4.22. The highest BCUT2D eigenvalue weighted by Crippen LogP contribution is 2.28. The number of nitrogens with zero attached hydrogens (tertiary/aromatic N) is 5. The third-order valence-corrected chi connectivity index (χ3v) is 5.11. The van der Waals surface area contributed by atoms with Crippen LogP contribution in [0, 0.1) is 0 Å². The van der Waals surface area contributed by atoms with Crippen molar-refractivity contribution in [1.29, 1.82) is 0 Å². The number of carbonyl (C=O) groups excluding carboxylic acids is 1. The van der Waals surface area contributed by atoms with E-state index in [9.17, 15) is 4.79 Å². The van der Waals surface area contributed by atoms with Crippen LogP contribution in [0.3, 0.4) is 0 Å². The van der Waals surface area contributed by atoms with Crippen molar-refractivity contribution >= 4 is 17.2 Å². The maximum atomic E-state index is 12.6. The molecule has 0 aliphatic carbocycles. The fraction of sp³-hybridized carbons (Fsp3) is 0.312. The lowest BCUT2D eigenvalue weighted by atomic mass is 10.2. The zero-order valence-corrected chi connectivity index (χ0v) is 13.6. The van der Waals surface area contributed by atoms with Crippen molar-refractivity contribution in [3.8, 4) is 0 Å². The first-order chi connectivity index (χ1) is 11.2. The fourth-order valence-electron chi connectivity index (χ4n) is 3.06. The monoisotopic (exact) mass is 327 g/mol. The third kappa shape index (κ3) is 2.46. The highest BCUT2D eigenvalue weighted by Gasteiger charge is 2.31. The molecule has 0 saturated heterocycles. The second-order valence-electron chi connectivity index (χ2n) is 5.61. The first kappa shape index (κ1) is 14.2. The van der Waals surface area contributed by atoms with E-state index in [4.69, 9.17) is 0 Å². The molecule has 1 atom stereocenters. The Morgan fingerprint density at radius 1 is 1.39 bits per heavy atom. The molecule has 3 aromatic rings. The van der Waals surface area contributed by atoms with Crippen molar-refractivity contribution in [2.75, 3.05) is 6.54 Å². The van der Waals surface area contributed by atoms with E-state index < -0.39 is 0 Å². The summed E-state index contributed by atoms with van der Waals surface area (Å²) in [5.74, 6) is 1.04. The molecule has 0 N–H and O–H groups in total. The topological polar surface area (TPSA) is 56.0 Å². The molecule has 1 aliphatic rings. The Balaban J connectivity index is 1.59. The number of amides is 1. The summed E-state index contributed by atoms with van der Waals surface area (Å²) < 4.78 is 4.10. The number of fused-ring (bicyclic) bond motifs is 1. The van der Waals surface area contributed by atoms with Crippen LogP contribution in [-0.2, 0) is 13.1 Å². The number of hydrogen-bond acceptors (Lipinski definition) is 4. The van der Waals surface area contributed by atoms with Gasteiger partial charge in [0.05, 0.1) is 29.4 Å². The van der Waals surface area contributed by atoms with E-state index >= 15 is 0 Å². The number of aromatic nitrogens is 4. The molecular formula is C16H17N5OS. The van der Waals surface area contributed by atoms with Crippen molar-refractivity contribution in [2.24, 2.45) is 0 Å². The Kier molecular flexibility index (Phi) is 3.49. The van der Waals surface area contributed by atoms with E-state index in [1.54, 1.807) is 6.20 Å². The van der Waals surface area contributed by atoms with Crippen molar-refractivity contribution in [2.45, 2.75) is 26.1 Å². The molecule has 0 saturated carbocycles. The van der Waals surface area contributed by atoms with Gasteiger partial charge in [-0.1, -0.05) is 6.07 Å². The lowest BCUT2D eigenvalue weighted by Gasteiger charge is -2.34. The van der Waals surface area contributed by atoms with Gasteiger partial charge in [-0.15, -0.1) is 11.3 Å². The smallest absolute Gasteiger partial charge is 0.264 e. The molecule has 0 fully saturated rings. The fourth-order valence-corrected chi connectivity index (χ4v) is 3.74. The summed E-state index contributed by atoms with van der Waals surface area (Å²) in [6.07, 6.45) is 5.61. The molecule has 6 nitrogen and oxygen atoms in total. The van der Waals surface area contributed by atoms with Crippen LogP contribution >= 0.6 is 11.3 Å². The van der Waals surface area contributed by atoms with Gasteiger partial charge in [0.2, 0.25) is 0 Å². The molecule has 23 heavy (non-hydrogen) atoms. The molecule has 4 rings (SSSR count). The quantitative estimate of drug-likeness (QED) is 0.742. The van der Waals surface area contributed by atoms with E-state index in [2.05, 4.69) is 14.6 Å². The molecule has 118 valence electrons. The minimum atomic E-state index is -0.0234. The number of hydrogen-bond donors (Lipinski definition) is 0. The minimum Gasteiger partial charge on any atom is -0.327 e.